The van der Waals surface area contributed by atoms with Gasteiger partial charge in [0.2, 0.25) is 23.6 Å². The van der Waals surface area contributed by atoms with Gasteiger partial charge in [-0.2, -0.15) is 0 Å². The molecule has 0 saturated carbocycles. The monoisotopic (exact) mass is 1150 g/mol. The number of aryl methyl sites for hydroxylation is 2. The van der Waals surface area contributed by atoms with Crippen LogP contribution in [-0.4, -0.2) is 109 Å². The smallest absolute Gasteiger partial charge is 0.407 e. The molecule has 2 heterocycles. The third kappa shape index (κ3) is 17.8. The van der Waals surface area contributed by atoms with Crippen LogP contribution < -0.4 is 37.2 Å². The fourth-order valence-corrected chi connectivity index (χ4v) is 11.0. The molecular weight excluding hydrogens is 1070 g/mol. The van der Waals surface area contributed by atoms with Gasteiger partial charge in [-0.1, -0.05) is 121 Å². The van der Waals surface area contributed by atoms with E-state index in [2.05, 4.69) is 73.4 Å². The van der Waals surface area contributed by atoms with Crippen LogP contribution in [0.1, 0.15) is 97.0 Å². The molecule has 444 valence electrons. The largest absolute Gasteiger partial charge is 0.459 e. The predicted molar refractivity (Wildman–Crippen MR) is 331 cm³/mol. The second-order valence-corrected chi connectivity index (χ2v) is 21.9. The molecule has 9 rings (SSSR count). The Hall–Kier alpha value is -8.90. The van der Waals surface area contributed by atoms with Gasteiger partial charge in [-0.3, -0.25) is 29.1 Å². The van der Waals surface area contributed by atoms with E-state index in [1.807, 2.05) is 78.9 Å². The van der Waals surface area contributed by atoms with Gasteiger partial charge >= 0.3 is 12.1 Å². The van der Waals surface area contributed by atoms with Crippen molar-refractivity contribution in [1.29, 1.82) is 0 Å². The maximum atomic E-state index is 14.1. The molecule has 0 spiro atoms. The number of fused-ring (bicyclic) bond motifs is 4. The molecule has 2 aliphatic carbocycles. The van der Waals surface area contributed by atoms with Gasteiger partial charge in [0.25, 0.3) is 0 Å². The average Bonchev–Trinajstić information content (AvgIpc) is 1.81. The van der Waals surface area contributed by atoms with E-state index in [1.165, 1.54) is 40.7 Å². The molecule has 0 unspecified atom stereocenters. The SMILES string of the molecule is CN(CCCCNc1c2c(nc3c(NC(=O)CNC(=O)CC[C@H](NC(=O)CNC(=O)OCc4ccccc4)C(=O)N[C@@H](Cc4ccccc4)C(=O)OCc4ccccc4)cccc13)CCCC2)CCCNc1c2c(nc3ccccc13)CCCC2. The number of nitrogens with zero attached hydrogens (tertiary/aromatic N) is 3. The molecule has 0 radical (unpaired) electrons. The Balaban J connectivity index is 0.773. The number of ether oxygens (including phenoxy) is 2. The highest BCUT2D eigenvalue weighted by Crippen LogP contribution is 2.37. The first-order valence-corrected chi connectivity index (χ1v) is 29.9. The molecule has 2 atom stereocenters. The van der Waals surface area contributed by atoms with Crippen molar-refractivity contribution >= 4 is 74.6 Å². The molecule has 18 nitrogen and oxygen atoms in total. The molecule has 85 heavy (non-hydrogen) atoms. The van der Waals surface area contributed by atoms with E-state index in [4.69, 9.17) is 19.4 Å². The van der Waals surface area contributed by atoms with Gasteiger partial charge in [0.1, 0.15) is 31.8 Å². The van der Waals surface area contributed by atoms with Gasteiger partial charge in [-0.25, -0.2) is 9.59 Å². The number of para-hydroxylation sites is 2. The Morgan fingerprint density at radius 2 is 1.12 bits per heavy atom. The van der Waals surface area contributed by atoms with Crippen molar-refractivity contribution < 1.29 is 38.2 Å². The summed E-state index contributed by atoms with van der Waals surface area (Å²) < 4.78 is 10.9. The van der Waals surface area contributed by atoms with Gasteiger partial charge in [0.05, 0.1) is 23.3 Å². The van der Waals surface area contributed by atoms with Crippen molar-refractivity contribution in [3.8, 4) is 0 Å². The van der Waals surface area contributed by atoms with Gasteiger partial charge in [-0.15, -0.1) is 0 Å². The summed E-state index contributed by atoms with van der Waals surface area (Å²) in [5.74, 6) is -3.27. The number of anilines is 3. The average molecular weight is 1150 g/mol. The van der Waals surface area contributed by atoms with Crippen LogP contribution >= 0.6 is 0 Å². The van der Waals surface area contributed by atoms with E-state index in [0.29, 0.717) is 11.2 Å². The van der Waals surface area contributed by atoms with E-state index >= 15 is 0 Å². The Bertz CT molecular complexity index is 3400. The molecule has 0 aliphatic heterocycles. The van der Waals surface area contributed by atoms with Crippen molar-refractivity contribution in [2.75, 3.05) is 62.3 Å². The number of pyridine rings is 2. The lowest BCUT2D eigenvalue weighted by molar-refractivity contribution is -0.149. The van der Waals surface area contributed by atoms with Crippen LogP contribution in [0.5, 0.6) is 0 Å². The number of esters is 1. The van der Waals surface area contributed by atoms with Crippen LogP contribution in [0, 0.1) is 0 Å². The minimum atomic E-state index is -1.35. The predicted octanol–water partition coefficient (Wildman–Crippen LogP) is 8.88. The molecule has 18 heteroatoms. The topological polar surface area (TPSA) is 234 Å². The number of alkyl carbamates (subject to hydrolysis) is 1. The van der Waals surface area contributed by atoms with Crippen LogP contribution in [0.4, 0.5) is 21.9 Å². The van der Waals surface area contributed by atoms with Crippen LogP contribution in [0.25, 0.3) is 21.8 Å². The Morgan fingerprint density at radius 1 is 0.541 bits per heavy atom. The van der Waals surface area contributed by atoms with E-state index < -0.39 is 54.3 Å². The number of carbonyl (C=O) groups excluding carboxylic acids is 6. The summed E-state index contributed by atoms with van der Waals surface area (Å²) in [4.78, 5) is 93.3. The standard InChI is InChI=1S/C67H78N10O8/c1-77(40-20-38-69-62-49-27-11-14-31-53(49)72-54-32-15-12-28-50(54)62)39-18-17-37-68-63-51-29-13-16-33-55(51)75-64-52(63)30-19-34-56(64)73-60(79)42-70-59(78)36-35-57(74-61(80)43-71-67(83)85-45-48-25-9-4-10-26-48)65(81)76-58(41-46-21-5-2-6-22-46)66(82)84-44-47-23-7-3-8-24-47/h2-11,14,19,21-27,30-31,34,57-58H,12-13,15-18,20,28-29,32-33,35-45H2,1H3,(H,68,75)(H,69,72)(H,70,78)(H,71,83)(H,73,79)(H,74,80)(H,76,81)/t57-,58-/m0/s1. The number of hydrogen-bond acceptors (Lipinski definition) is 13. The van der Waals surface area contributed by atoms with E-state index in [0.717, 1.165) is 123 Å². The van der Waals surface area contributed by atoms with E-state index in [-0.39, 0.29) is 39.0 Å². The highest BCUT2D eigenvalue weighted by Gasteiger charge is 2.29. The lowest BCUT2D eigenvalue weighted by atomic mass is 9.92. The number of rotatable bonds is 29. The van der Waals surface area contributed by atoms with Crippen molar-refractivity contribution in [2.24, 2.45) is 0 Å². The molecule has 7 N–H and O–H groups in total. The molecular formula is C67H78N10O8. The third-order valence-corrected chi connectivity index (χ3v) is 15.5. The lowest BCUT2D eigenvalue weighted by Crippen LogP contribution is -2.54. The maximum Gasteiger partial charge on any atom is 0.407 e. The molecule has 0 saturated heterocycles. The minimum Gasteiger partial charge on any atom is -0.459 e. The maximum absolute atomic E-state index is 14.1. The summed E-state index contributed by atoms with van der Waals surface area (Å²) in [6.07, 6.45) is 10.1. The summed E-state index contributed by atoms with van der Waals surface area (Å²) in [7, 11) is 2.20. The van der Waals surface area contributed by atoms with Crippen LogP contribution in [0.2, 0.25) is 0 Å². The minimum absolute atomic E-state index is 0.0260. The van der Waals surface area contributed by atoms with Crippen LogP contribution in [0.15, 0.2) is 133 Å². The summed E-state index contributed by atoms with van der Waals surface area (Å²) in [6, 6.07) is 38.9. The summed E-state index contributed by atoms with van der Waals surface area (Å²) in [6.45, 7) is 2.67. The van der Waals surface area contributed by atoms with Gasteiger partial charge in [0.15, 0.2) is 0 Å². The number of nitrogens with one attached hydrogen (secondary N) is 7. The quantitative estimate of drug-likeness (QED) is 0.0172. The Labute approximate surface area is 497 Å². The zero-order chi connectivity index (χ0) is 59.2. The summed E-state index contributed by atoms with van der Waals surface area (Å²) >= 11 is 0. The molecule has 0 bridgehead atoms. The van der Waals surface area contributed by atoms with E-state index in [1.54, 1.807) is 30.3 Å². The first-order valence-electron chi connectivity index (χ1n) is 29.9. The van der Waals surface area contributed by atoms with Crippen LogP contribution in [0.3, 0.4) is 0 Å². The lowest BCUT2D eigenvalue weighted by Gasteiger charge is -2.23. The second kappa shape index (κ2) is 31.1. The zero-order valence-electron chi connectivity index (χ0n) is 48.5. The molecule has 5 aromatic carbocycles. The van der Waals surface area contributed by atoms with Crippen molar-refractivity contribution in [3.05, 3.63) is 173 Å². The molecule has 7 aromatic rings. The van der Waals surface area contributed by atoms with Gasteiger partial charge < -0.3 is 51.6 Å². The normalized spacial score (nSPS) is 13.3. The number of benzene rings is 5. The number of unbranched alkanes of at least 4 members (excludes halogenated alkanes) is 1. The van der Waals surface area contributed by atoms with E-state index in [9.17, 15) is 28.8 Å². The van der Waals surface area contributed by atoms with Gasteiger partial charge in [-0.05, 0) is 137 Å². The highest BCUT2D eigenvalue weighted by molar-refractivity contribution is 6.06. The van der Waals surface area contributed by atoms with Crippen molar-refractivity contribution in [3.63, 3.8) is 0 Å². The molecule has 2 aliphatic rings. The Morgan fingerprint density at radius 3 is 1.82 bits per heavy atom. The number of aromatic nitrogens is 2. The van der Waals surface area contributed by atoms with Gasteiger partial charge in [0, 0.05) is 59.5 Å². The Kier molecular flexibility index (Phi) is 22.2. The molecule has 2 aromatic heterocycles. The first-order chi connectivity index (χ1) is 41.5. The zero-order valence-corrected chi connectivity index (χ0v) is 48.5. The molecule has 0 fully saturated rings. The fourth-order valence-electron chi connectivity index (χ4n) is 11.0. The van der Waals surface area contributed by atoms with Crippen molar-refractivity contribution in [1.82, 2.24) is 36.1 Å². The van der Waals surface area contributed by atoms with Crippen molar-refractivity contribution in [2.45, 2.75) is 115 Å². The summed E-state index contributed by atoms with van der Waals surface area (Å²) in [5, 5.41) is 23.1. The number of carbonyl (C=O) groups is 6. The first kappa shape index (κ1) is 60.7. The fraction of sp³-hybridized carbons (Fsp3) is 0.373. The van der Waals surface area contributed by atoms with Crippen LogP contribution in [-0.2, 0) is 78.8 Å². The molecule has 5 amide bonds. The third-order valence-electron chi connectivity index (χ3n) is 15.5. The number of amides is 5. The summed E-state index contributed by atoms with van der Waals surface area (Å²) in [5.41, 5.74) is 11.7. The second-order valence-electron chi connectivity index (χ2n) is 21.9. The highest BCUT2D eigenvalue weighted by atomic mass is 16.5. The number of hydrogen-bond donors (Lipinski definition) is 7.